The van der Waals surface area contributed by atoms with Gasteiger partial charge in [0, 0.05) is 24.8 Å². The molecule has 0 unspecified atom stereocenters. The molecule has 2 rings (SSSR count). The van der Waals surface area contributed by atoms with Gasteiger partial charge in [-0.3, -0.25) is 0 Å². The number of nitrogens with zero attached hydrogens (tertiary/aromatic N) is 1. The summed E-state index contributed by atoms with van der Waals surface area (Å²) in [6, 6.07) is 12.7. The number of carbonyl (C=O) groups excluding carboxylic acids is 1. The SMILES string of the molecule is CCC(CC)(c1ccc(CN(CCS(C)(=O)=O)C(=O)OC(C)(C)C)c(C)c1)c1ccc(OC[C@@H](O)C(C)(C)C)c(C)c1. The van der Waals surface area contributed by atoms with Crippen LogP contribution in [0.4, 0.5) is 4.79 Å². The molecule has 1 atom stereocenters. The van der Waals surface area contributed by atoms with Crippen LogP contribution in [0.15, 0.2) is 36.4 Å². The minimum atomic E-state index is -3.25. The highest BCUT2D eigenvalue weighted by atomic mass is 32.2. The number of aliphatic hydroxyl groups excluding tert-OH is 1. The first kappa shape index (κ1) is 35.6. The van der Waals surface area contributed by atoms with Crippen LogP contribution in [-0.4, -0.2) is 61.4 Å². The predicted molar refractivity (Wildman–Crippen MR) is 171 cm³/mol. The van der Waals surface area contributed by atoms with Crippen molar-refractivity contribution in [3.05, 3.63) is 64.2 Å². The Morgan fingerprint density at radius 1 is 0.929 bits per heavy atom. The molecule has 0 saturated heterocycles. The molecule has 0 heterocycles. The number of aliphatic hydroxyl groups is 1. The second kappa shape index (κ2) is 13.8. The molecule has 0 aromatic heterocycles. The van der Waals surface area contributed by atoms with Gasteiger partial charge in [-0.15, -0.1) is 0 Å². The Kier molecular flexibility index (Phi) is 11.7. The number of rotatable bonds is 12. The number of aryl methyl sites for hydroxylation is 2. The average Bonchev–Trinajstić information content (AvgIpc) is 2.85. The maximum atomic E-state index is 13.0. The Bertz CT molecular complexity index is 1320. The monoisotopic (exact) mass is 603 g/mol. The molecule has 0 aliphatic heterocycles. The first-order chi connectivity index (χ1) is 19.2. The molecule has 7 nitrogen and oxygen atoms in total. The Hall–Kier alpha value is -2.58. The summed E-state index contributed by atoms with van der Waals surface area (Å²) in [5.41, 5.74) is 4.21. The number of sulfone groups is 1. The van der Waals surface area contributed by atoms with Crippen molar-refractivity contribution in [2.24, 2.45) is 5.41 Å². The van der Waals surface area contributed by atoms with Gasteiger partial charge in [-0.25, -0.2) is 13.2 Å². The number of ether oxygens (including phenoxy) is 2. The van der Waals surface area contributed by atoms with Crippen LogP contribution < -0.4 is 4.74 Å². The van der Waals surface area contributed by atoms with Crippen LogP contribution in [0.25, 0.3) is 0 Å². The van der Waals surface area contributed by atoms with Gasteiger partial charge < -0.3 is 19.5 Å². The molecule has 0 aliphatic carbocycles. The van der Waals surface area contributed by atoms with Crippen molar-refractivity contribution >= 4 is 15.9 Å². The van der Waals surface area contributed by atoms with E-state index in [1.807, 2.05) is 46.8 Å². The van der Waals surface area contributed by atoms with Crippen molar-refractivity contribution in [2.45, 2.75) is 106 Å². The van der Waals surface area contributed by atoms with E-state index in [-0.39, 0.29) is 36.3 Å². The second-order valence-electron chi connectivity index (χ2n) is 13.6. The van der Waals surface area contributed by atoms with Crippen molar-refractivity contribution in [3.63, 3.8) is 0 Å². The van der Waals surface area contributed by atoms with E-state index in [0.717, 1.165) is 35.3 Å². The second-order valence-corrected chi connectivity index (χ2v) is 15.9. The molecule has 1 amide bonds. The first-order valence-electron chi connectivity index (χ1n) is 14.9. The van der Waals surface area contributed by atoms with Crippen LogP contribution in [0.3, 0.4) is 0 Å². The van der Waals surface area contributed by atoms with Crippen molar-refractivity contribution in [1.29, 1.82) is 0 Å². The van der Waals surface area contributed by atoms with Crippen LogP contribution in [0.2, 0.25) is 0 Å². The van der Waals surface area contributed by atoms with Gasteiger partial charge in [0.2, 0.25) is 0 Å². The minimum absolute atomic E-state index is 0.0588. The Morgan fingerprint density at radius 3 is 1.93 bits per heavy atom. The van der Waals surface area contributed by atoms with Gasteiger partial charge in [0.05, 0.1) is 11.9 Å². The van der Waals surface area contributed by atoms with Crippen molar-refractivity contribution < 1.29 is 27.8 Å². The smallest absolute Gasteiger partial charge is 0.410 e. The molecule has 8 heteroatoms. The van der Waals surface area contributed by atoms with Gasteiger partial charge in [0.25, 0.3) is 0 Å². The summed E-state index contributed by atoms with van der Waals surface area (Å²) < 4.78 is 35.3. The van der Waals surface area contributed by atoms with E-state index >= 15 is 0 Å². The number of hydrogen-bond acceptors (Lipinski definition) is 6. The highest BCUT2D eigenvalue weighted by molar-refractivity contribution is 7.90. The highest BCUT2D eigenvalue weighted by Gasteiger charge is 2.32. The molecule has 2 aromatic rings. The first-order valence-corrected chi connectivity index (χ1v) is 17.0. The van der Waals surface area contributed by atoms with E-state index in [0.29, 0.717) is 0 Å². The largest absolute Gasteiger partial charge is 0.491 e. The van der Waals surface area contributed by atoms with Gasteiger partial charge in [-0.2, -0.15) is 0 Å². The van der Waals surface area contributed by atoms with E-state index in [1.165, 1.54) is 22.3 Å². The van der Waals surface area contributed by atoms with Gasteiger partial charge in [-0.1, -0.05) is 65.0 Å². The number of hydrogen-bond donors (Lipinski definition) is 1. The third kappa shape index (κ3) is 9.73. The lowest BCUT2D eigenvalue weighted by Gasteiger charge is -2.35. The quantitative estimate of drug-likeness (QED) is 0.281. The minimum Gasteiger partial charge on any atom is -0.491 e. The summed E-state index contributed by atoms with van der Waals surface area (Å²) in [6.07, 6.45) is 1.86. The van der Waals surface area contributed by atoms with Gasteiger partial charge in [0.15, 0.2) is 0 Å². The van der Waals surface area contributed by atoms with Crippen LogP contribution >= 0.6 is 0 Å². The normalized spacial score (nSPS) is 13.5. The zero-order valence-electron chi connectivity index (χ0n) is 27.6. The summed E-state index contributed by atoms with van der Waals surface area (Å²) in [5.74, 6) is 0.637. The summed E-state index contributed by atoms with van der Waals surface area (Å²) in [5, 5.41) is 10.4. The highest BCUT2D eigenvalue weighted by Crippen LogP contribution is 2.41. The molecule has 42 heavy (non-hydrogen) atoms. The fraction of sp³-hybridized carbons (Fsp3) is 0.618. The van der Waals surface area contributed by atoms with E-state index < -0.39 is 27.6 Å². The van der Waals surface area contributed by atoms with Gasteiger partial charge >= 0.3 is 6.09 Å². The molecule has 0 radical (unpaired) electrons. The lowest BCUT2D eigenvalue weighted by Crippen LogP contribution is -2.39. The molecular formula is C34H53NO6S. The topological polar surface area (TPSA) is 93.1 Å². The number of amides is 1. The molecule has 0 bridgehead atoms. The average molecular weight is 604 g/mol. The summed E-state index contributed by atoms with van der Waals surface area (Å²) in [7, 11) is -3.25. The molecule has 2 aromatic carbocycles. The van der Waals surface area contributed by atoms with Crippen molar-refractivity contribution in [3.8, 4) is 5.75 Å². The van der Waals surface area contributed by atoms with E-state index in [9.17, 15) is 18.3 Å². The lowest BCUT2D eigenvalue weighted by atomic mass is 9.70. The Morgan fingerprint density at radius 2 is 1.48 bits per heavy atom. The maximum absolute atomic E-state index is 13.0. The molecule has 0 spiro atoms. The van der Waals surface area contributed by atoms with Crippen molar-refractivity contribution in [2.75, 3.05) is 25.2 Å². The van der Waals surface area contributed by atoms with Crippen LogP contribution in [0, 0.1) is 19.3 Å². The van der Waals surface area contributed by atoms with Crippen LogP contribution in [-0.2, 0) is 26.5 Å². The molecular weight excluding hydrogens is 550 g/mol. The molecule has 1 N–H and O–H groups in total. The standard InChI is InChI=1S/C34H53NO6S/c1-12-34(13-2,28-16-17-29(25(4)21-28)40-23-30(36)32(5,6)7)27-15-14-26(24(3)20-27)22-35(18-19-42(11,38)39)31(37)41-33(8,9)10/h14-17,20-21,30,36H,12-13,18-19,22-23H2,1-11H3/t30-/m1/s1. The van der Waals surface area contributed by atoms with E-state index in [1.54, 1.807) is 20.8 Å². The maximum Gasteiger partial charge on any atom is 0.410 e. The Balaban J connectivity index is 2.39. The van der Waals surface area contributed by atoms with E-state index in [2.05, 4.69) is 38.1 Å². The third-order valence-electron chi connectivity index (χ3n) is 7.97. The van der Waals surface area contributed by atoms with Crippen molar-refractivity contribution in [1.82, 2.24) is 4.90 Å². The fourth-order valence-corrected chi connectivity index (χ4v) is 5.53. The Labute approximate surface area is 254 Å². The summed E-state index contributed by atoms with van der Waals surface area (Å²) in [4.78, 5) is 14.4. The summed E-state index contributed by atoms with van der Waals surface area (Å²) >= 11 is 0. The molecule has 236 valence electrons. The molecule has 0 saturated carbocycles. The van der Waals surface area contributed by atoms with E-state index in [4.69, 9.17) is 9.47 Å². The van der Waals surface area contributed by atoms with Gasteiger partial charge in [-0.05, 0) is 86.8 Å². The van der Waals surface area contributed by atoms with Crippen LogP contribution in [0.1, 0.15) is 96.0 Å². The van der Waals surface area contributed by atoms with Gasteiger partial charge in [0.1, 0.15) is 27.8 Å². The zero-order valence-corrected chi connectivity index (χ0v) is 28.4. The summed E-state index contributed by atoms with van der Waals surface area (Å²) in [6.45, 7) is 20.4. The van der Waals surface area contributed by atoms with Crippen LogP contribution in [0.5, 0.6) is 5.75 Å². The fourth-order valence-electron chi connectivity index (χ4n) is 4.97. The third-order valence-corrected chi connectivity index (χ3v) is 8.90. The number of benzene rings is 2. The molecule has 0 fully saturated rings. The lowest BCUT2D eigenvalue weighted by molar-refractivity contribution is 0.0216. The number of carbonyl (C=O) groups is 1. The zero-order chi connectivity index (χ0) is 32.1. The predicted octanol–water partition coefficient (Wildman–Crippen LogP) is 6.98. The molecule has 0 aliphatic rings.